The minimum Gasteiger partial charge on any atom is -0.481 e. The molecular formula is C11H18N2O2S. The molecule has 1 rings (SSSR count). The molecular weight excluding hydrogens is 224 g/mol. The van der Waals surface area contributed by atoms with E-state index in [1.54, 1.807) is 11.3 Å². The second-order valence-corrected chi connectivity index (χ2v) is 5.10. The van der Waals surface area contributed by atoms with Gasteiger partial charge in [-0.05, 0) is 33.2 Å². The largest absolute Gasteiger partial charge is 0.481 e. The summed E-state index contributed by atoms with van der Waals surface area (Å²) in [7, 11) is 0. The van der Waals surface area contributed by atoms with E-state index in [2.05, 4.69) is 17.2 Å². The van der Waals surface area contributed by atoms with Gasteiger partial charge in [0.25, 0.3) is 0 Å². The summed E-state index contributed by atoms with van der Waals surface area (Å²) in [6, 6.07) is 0.253. The van der Waals surface area contributed by atoms with Gasteiger partial charge >= 0.3 is 5.97 Å². The summed E-state index contributed by atoms with van der Waals surface area (Å²) in [4.78, 5) is 15.8. The number of carbonyl (C=O) groups is 1. The quantitative estimate of drug-likeness (QED) is 0.720. The van der Waals surface area contributed by atoms with E-state index in [-0.39, 0.29) is 12.5 Å². The molecule has 1 atom stereocenters. The van der Waals surface area contributed by atoms with Crippen molar-refractivity contribution < 1.29 is 9.90 Å². The molecule has 0 saturated carbocycles. The third-order valence-electron chi connectivity index (χ3n) is 2.28. The van der Waals surface area contributed by atoms with Crippen LogP contribution in [0.15, 0.2) is 6.20 Å². The van der Waals surface area contributed by atoms with Crippen LogP contribution in [-0.4, -0.2) is 22.6 Å². The summed E-state index contributed by atoms with van der Waals surface area (Å²) in [6.45, 7) is 4.96. The molecule has 0 saturated heterocycles. The van der Waals surface area contributed by atoms with Crippen molar-refractivity contribution in [3.63, 3.8) is 0 Å². The Hall–Kier alpha value is -0.940. The van der Waals surface area contributed by atoms with Crippen molar-refractivity contribution in [2.75, 3.05) is 6.54 Å². The highest BCUT2D eigenvalue weighted by atomic mass is 32.1. The molecule has 0 amide bonds. The van der Waals surface area contributed by atoms with E-state index in [4.69, 9.17) is 5.11 Å². The molecule has 0 fully saturated rings. The fourth-order valence-corrected chi connectivity index (χ4v) is 2.18. The monoisotopic (exact) mass is 242 g/mol. The third kappa shape index (κ3) is 4.72. The van der Waals surface area contributed by atoms with Crippen LogP contribution in [0.1, 0.15) is 42.1 Å². The van der Waals surface area contributed by atoms with Crippen LogP contribution in [0, 0.1) is 6.92 Å². The minimum atomic E-state index is -0.719. The Morgan fingerprint density at radius 1 is 1.62 bits per heavy atom. The molecule has 0 aliphatic heterocycles. The van der Waals surface area contributed by atoms with Crippen LogP contribution in [0.3, 0.4) is 0 Å². The number of unbranched alkanes of at least 4 members (excludes halogenated alkanes) is 1. The molecule has 0 spiro atoms. The third-order valence-corrected chi connectivity index (χ3v) is 3.37. The summed E-state index contributed by atoms with van der Waals surface area (Å²) in [5, 5.41) is 12.9. The predicted octanol–water partition coefficient (Wildman–Crippen LogP) is 2.36. The summed E-state index contributed by atoms with van der Waals surface area (Å²) < 4.78 is 0. The van der Waals surface area contributed by atoms with E-state index in [1.165, 1.54) is 4.88 Å². The highest BCUT2D eigenvalue weighted by Crippen LogP contribution is 2.18. The first-order chi connectivity index (χ1) is 7.59. The van der Waals surface area contributed by atoms with Gasteiger partial charge in [0.1, 0.15) is 5.01 Å². The second-order valence-electron chi connectivity index (χ2n) is 3.84. The molecule has 5 heteroatoms. The lowest BCUT2D eigenvalue weighted by atomic mass is 10.2. The Morgan fingerprint density at radius 2 is 2.38 bits per heavy atom. The van der Waals surface area contributed by atoms with E-state index in [9.17, 15) is 4.79 Å². The van der Waals surface area contributed by atoms with Crippen molar-refractivity contribution >= 4 is 17.3 Å². The summed E-state index contributed by atoms with van der Waals surface area (Å²) >= 11 is 1.70. The molecule has 1 aromatic heterocycles. The van der Waals surface area contributed by atoms with Gasteiger partial charge < -0.3 is 10.4 Å². The van der Waals surface area contributed by atoms with Gasteiger partial charge in [-0.15, -0.1) is 11.3 Å². The molecule has 1 aromatic rings. The Labute approximate surface area is 99.7 Å². The lowest BCUT2D eigenvalue weighted by Crippen LogP contribution is -2.19. The first-order valence-corrected chi connectivity index (χ1v) is 6.28. The van der Waals surface area contributed by atoms with E-state index >= 15 is 0 Å². The average Bonchev–Trinajstić information content (AvgIpc) is 2.63. The first kappa shape index (κ1) is 13.1. The number of aliphatic carboxylic acids is 1. The van der Waals surface area contributed by atoms with Crippen LogP contribution < -0.4 is 5.32 Å². The van der Waals surface area contributed by atoms with Gasteiger partial charge in [-0.25, -0.2) is 4.98 Å². The van der Waals surface area contributed by atoms with Gasteiger partial charge in [0, 0.05) is 17.5 Å². The number of nitrogens with one attached hydrogen (secondary N) is 1. The zero-order valence-corrected chi connectivity index (χ0v) is 10.5. The fourth-order valence-electron chi connectivity index (χ4n) is 1.38. The van der Waals surface area contributed by atoms with Gasteiger partial charge in [-0.3, -0.25) is 4.79 Å². The fraction of sp³-hybridized carbons (Fsp3) is 0.636. The van der Waals surface area contributed by atoms with E-state index in [0.717, 1.165) is 24.4 Å². The van der Waals surface area contributed by atoms with Crippen LogP contribution in [0.25, 0.3) is 0 Å². The molecule has 16 heavy (non-hydrogen) atoms. The minimum absolute atomic E-state index is 0.253. The molecule has 0 radical (unpaired) electrons. The molecule has 0 aliphatic carbocycles. The Balaban J connectivity index is 2.15. The maximum absolute atomic E-state index is 10.3. The second kappa shape index (κ2) is 6.60. The van der Waals surface area contributed by atoms with Crippen LogP contribution in [0.5, 0.6) is 0 Å². The van der Waals surface area contributed by atoms with E-state index in [0.29, 0.717) is 0 Å². The van der Waals surface area contributed by atoms with Crippen molar-refractivity contribution in [2.24, 2.45) is 0 Å². The van der Waals surface area contributed by atoms with Gasteiger partial charge in [-0.1, -0.05) is 0 Å². The van der Waals surface area contributed by atoms with Crippen molar-refractivity contribution in [1.82, 2.24) is 10.3 Å². The molecule has 1 heterocycles. The first-order valence-electron chi connectivity index (χ1n) is 5.47. The number of thiazole rings is 1. The summed E-state index contributed by atoms with van der Waals surface area (Å²) in [6.07, 6.45) is 3.75. The lowest BCUT2D eigenvalue weighted by Gasteiger charge is -2.10. The molecule has 1 unspecified atom stereocenters. The summed E-state index contributed by atoms with van der Waals surface area (Å²) in [5.74, 6) is -0.719. The normalized spacial score (nSPS) is 12.6. The molecule has 4 nitrogen and oxygen atoms in total. The number of rotatable bonds is 7. The van der Waals surface area contributed by atoms with Gasteiger partial charge in [0.2, 0.25) is 0 Å². The van der Waals surface area contributed by atoms with Gasteiger partial charge in [0.05, 0.1) is 6.04 Å². The number of carboxylic acids is 1. The molecule has 2 N–H and O–H groups in total. The number of aromatic nitrogens is 1. The predicted molar refractivity (Wildman–Crippen MR) is 64.8 cm³/mol. The summed E-state index contributed by atoms with van der Waals surface area (Å²) in [5.41, 5.74) is 0. The number of carboxylic acid groups (broad SMARTS) is 1. The molecule has 90 valence electrons. The zero-order valence-electron chi connectivity index (χ0n) is 9.69. The Morgan fingerprint density at radius 3 is 2.94 bits per heavy atom. The molecule has 0 bridgehead atoms. The van der Waals surface area contributed by atoms with Crippen molar-refractivity contribution in [3.8, 4) is 0 Å². The maximum atomic E-state index is 10.3. The van der Waals surface area contributed by atoms with Crippen LogP contribution in [0.2, 0.25) is 0 Å². The van der Waals surface area contributed by atoms with Gasteiger partial charge in [-0.2, -0.15) is 0 Å². The van der Waals surface area contributed by atoms with Crippen LogP contribution in [-0.2, 0) is 4.79 Å². The lowest BCUT2D eigenvalue weighted by molar-refractivity contribution is -0.137. The Kier molecular flexibility index (Phi) is 5.42. The van der Waals surface area contributed by atoms with E-state index < -0.39 is 5.97 Å². The molecule has 0 aliphatic rings. The number of hydrogen-bond acceptors (Lipinski definition) is 4. The number of hydrogen-bond donors (Lipinski definition) is 2. The Bertz CT molecular complexity index is 338. The van der Waals surface area contributed by atoms with Crippen molar-refractivity contribution in [3.05, 3.63) is 16.1 Å². The van der Waals surface area contributed by atoms with E-state index in [1.807, 2.05) is 13.1 Å². The van der Waals surface area contributed by atoms with Crippen LogP contribution >= 0.6 is 11.3 Å². The maximum Gasteiger partial charge on any atom is 0.303 e. The standard InChI is InChI=1S/C11H18N2O2S/c1-8-7-13-11(16-8)9(2)12-6-4-3-5-10(14)15/h7,9,12H,3-6H2,1-2H3,(H,14,15). The zero-order chi connectivity index (χ0) is 12.0. The van der Waals surface area contributed by atoms with Crippen molar-refractivity contribution in [2.45, 2.75) is 39.2 Å². The number of aryl methyl sites for hydroxylation is 1. The highest BCUT2D eigenvalue weighted by Gasteiger charge is 2.07. The van der Waals surface area contributed by atoms with Crippen molar-refractivity contribution in [1.29, 1.82) is 0 Å². The smallest absolute Gasteiger partial charge is 0.303 e. The van der Waals surface area contributed by atoms with Crippen LogP contribution in [0.4, 0.5) is 0 Å². The topological polar surface area (TPSA) is 62.2 Å². The number of nitrogens with zero attached hydrogens (tertiary/aromatic N) is 1. The average molecular weight is 242 g/mol. The molecule has 0 aromatic carbocycles. The van der Waals surface area contributed by atoms with Gasteiger partial charge in [0.15, 0.2) is 0 Å². The highest BCUT2D eigenvalue weighted by molar-refractivity contribution is 7.11. The SMILES string of the molecule is Cc1cnc(C(C)NCCCCC(=O)O)s1.